The molecule has 0 aliphatic rings. The molecule has 0 fully saturated rings. The standard InChI is InChI=1S/C22H25ClN4OS/c1-14(2)12-27-21(17-7-9-18(23)10-8-17)25-26-22(27)29-13-20(28)24-19-11-15(3)5-6-16(19)4/h5-11,14H,12-13H2,1-4H3,(H,24,28). The van der Waals surface area contributed by atoms with Gasteiger partial charge in [-0.15, -0.1) is 10.2 Å². The van der Waals surface area contributed by atoms with E-state index < -0.39 is 0 Å². The molecule has 1 aromatic heterocycles. The van der Waals surface area contributed by atoms with E-state index in [9.17, 15) is 4.79 Å². The third-order valence-electron chi connectivity index (χ3n) is 4.37. The summed E-state index contributed by atoms with van der Waals surface area (Å²) in [4.78, 5) is 12.5. The van der Waals surface area contributed by atoms with E-state index in [1.54, 1.807) is 0 Å². The van der Waals surface area contributed by atoms with Gasteiger partial charge in [-0.05, 0) is 61.2 Å². The predicted octanol–water partition coefficient (Wildman–Crippen LogP) is 5.60. The van der Waals surface area contributed by atoms with E-state index in [0.29, 0.717) is 10.9 Å². The van der Waals surface area contributed by atoms with Crippen LogP contribution in [0.5, 0.6) is 0 Å². The summed E-state index contributed by atoms with van der Waals surface area (Å²) < 4.78 is 2.07. The molecule has 5 nitrogen and oxygen atoms in total. The number of anilines is 1. The summed E-state index contributed by atoms with van der Waals surface area (Å²) in [5.41, 5.74) is 3.96. The molecule has 152 valence electrons. The van der Waals surface area contributed by atoms with Gasteiger partial charge in [-0.3, -0.25) is 4.79 Å². The van der Waals surface area contributed by atoms with Crippen molar-refractivity contribution in [3.8, 4) is 11.4 Å². The minimum Gasteiger partial charge on any atom is -0.325 e. The molecule has 1 amide bonds. The third kappa shape index (κ3) is 5.61. The average Bonchev–Trinajstić information content (AvgIpc) is 3.05. The number of aromatic nitrogens is 3. The number of rotatable bonds is 7. The number of hydrogen-bond acceptors (Lipinski definition) is 4. The molecule has 0 atom stereocenters. The maximum atomic E-state index is 12.5. The van der Waals surface area contributed by atoms with Crippen molar-refractivity contribution in [2.75, 3.05) is 11.1 Å². The summed E-state index contributed by atoms with van der Waals surface area (Å²) in [5, 5.41) is 13.1. The van der Waals surface area contributed by atoms with Crippen molar-refractivity contribution in [3.63, 3.8) is 0 Å². The Labute approximate surface area is 180 Å². The van der Waals surface area contributed by atoms with Crippen molar-refractivity contribution in [2.45, 2.75) is 39.4 Å². The molecule has 2 aromatic carbocycles. The molecule has 1 heterocycles. The van der Waals surface area contributed by atoms with Crippen molar-refractivity contribution in [2.24, 2.45) is 5.92 Å². The largest absolute Gasteiger partial charge is 0.325 e. The molecule has 7 heteroatoms. The zero-order valence-corrected chi connectivity index (χ0v) is 18.6. The second-order valence-electron chi connectivity index (χ2n) is 7.47. The van der Waals surface area contributed by atoms with Gasteiger partial charge in [-0.25, -0.2) is 0 Å². The number of benzene rings is 2. The van der Waals surface area contributed by atoms with Crippen LogP contribution in [0.1, 0.15) is 25.0 Å². The van der Waals surface area contributed by atoms with Crippen LogP contribution in [0, 0.1) is 19.8 Å². The Morgan fingerprint density at radius 3 is 2.55 bits per heavy atom. The van der Waals surface area contributed by atoms with Gasteiger partial charge in [-0.2, -0.15) is 0 Å². The van der Waals surface area contributed by atoms with Crippen LogP contribution in [-0.2, 0) is 11.3 Å². The zero-order chi connectivity index (χ0) is 21.0. The highest BCUT2D eigenvalue weighted by Gasteiger charge is 2.17. The maximum Gasteiger partial charge on any atom is 0.234 e. The molecule has 0 saturated carbocycles. The highest BCUT2D eigenvalue weighted by atomic mass is 35.5. The quantitative estimate of drug-likeness (QED) is 0.497. The minimum atomic E-state index is -0.0594. The fraction of sp³-hybridized carbons (Fsp3) is 0.318. The molecule has 3 rings (SSSR count). The van der Waals surface area contributed by atoms with Crippen LogP contribution >= 0.6 is 23.4 Å². The molecule has 0 unspecified atom stereocenters. The van der Waals surface area contributed by atoms with Gasteiger partial charge in [0.2, 0.25) is 5.91 Å². The lowest BCUT2D eigenvalue weighted by atomic mass is 10.1. The van der Waals surface area contributed by atoms with Crippen LogP contribution in [-0.4, -0.2) is 26.4 Å². The summed E-state index contributed by atoms with van der Waals surface area (Å²) in [6, 6.07) is 13.6. The number of hydrogen-bond donors (Lipinski definition) is 1. The van der Waals surface area contributed by atoms with Crippen LogP contribution in [0.4, 0.5) is 5.69 Å². The number of aryl methyl sites for hydroxylation is 2. The molecule has 0 aliphatic heterocycles. The Balaban J connectivity index is 1.75. The van der Waals surface area contributed by atoms with Gasteiger partial charge in [0.15, 0.2) is 11.0 Å². The number of halogens is 1. The summed E-state index contributed by atoms with van der Waals surface area (Å²) in [5.74, 6) is 1.41. The van der Waals surface area contributed by atoms with Crippen LogP contribution in [0.2, 0.25) is 5.02 Å². The summed E-state index contributed by atoms with van der Waals surface area (Å²) in [7, 11) is 0. The molecule has 0 aliphatic carbocycles. The highest BCUT2D eigenvalue weighted by molar-refractivity contribution is 7.99. The molecule has 0 spiro atoms. The van der Waals surface area contributed by atoms with E-state index in [4.69, 9.17) is 11.6 Å². The van der Waals surface area contributed by atoms with Gasteiger partial charge in [-0.1, -0.05) is 49.3 Å². The maximum absolute atomic E-state index is 12.5. The first-order chi connectivity index (χ1) is 13.8. The van der Waals surface area contributed by atoms with Crippen LogP contribution in [0.25, 0.3) is 11.4 Å². The van der Waals surface area contributed by atoms with Crippen molar-refractivity contribution in [1.29, 1.82) is 0 Å². The molecule has 1 N–H and O–H groups in total. The summed E-state index contributed by atoms with van der Waals surface area (Å²) in [6.07, 6.45) is 0. The first kappa shape index (κ1) is 21.4. The predicted molar refractivity (Wildman–Crippen MR) is 121 cm³/mol. The van der Waals surface area contributed by atoms with E-state index in [0.717, 1.165) is 39.9 Å². The molecule has 0 saturated heterocycles. The van der Waals surface area contributed by atoms with Crippen LogP contribution < -0.4 is 5.32 Å². The Hall–Kier alpha value is -2.31. The average molecular weight is 429 g/mol. The number of carbonyl (C=O) groups excluding carboxylic acids is 1. The van der Waals surface area contributed by atoms with E-state index in [-0.39, 0.29) is 11.7 Å². The second kappa shape index (κ2) is 9.46. The smallest absolute Gasteiger partial charge is 0.234 e. The molecule has 0 radical (unpaired) electrons. The topological polar surface area (TPSA) is 59.8 Å². The zero-order valence-electron chi connectivity index (χ0n) is 17.1. The second-order valence-corrected chi connectivity index (χ2v) is 8.85. The van der Waals surface area contributed by atoms with E-state index in [2.05, 4.69) is 33.9 Å². The SMILES string of the molecule is Cc1ccc(C)c(NC(=O)CSc2nnc(-c3ccc(Cl)cc3)n2CC(C)C)c1. The normalized spacial score (nSPS) is 11.1. The summed E-state index contributed by atoms with van der Waals surface area (Å²) in [6.45, 7) is 9.06. The first-order valence-corrected chi connectivity index (χ1v) is 10.9. The number of amides is 1. The van der Waals surface area contributed by atoms with Gasteiger partial charge in [0, 0.05) is 22.8 Å². The highest BCUT2D eigenvalue weighted by Crippen LogP contribution is 2.26. The van der Waals surface area contributed by atoms with Crippen LogP contribution in [0.15, 0.2) is 47.6 Å². The van der Waals surface area contributed by atoms with Crippen molar-refractivity contribution < 1.29 is 4.79 Å². The lowest BCUT2D eigenvalue weighted by molar-refractivity contribution is -0.113. The number of nitrogens with zero attached hydrogens (tertiary/aromatic N) is 3. The molecular formula is C22H25ClN4OS. The molecule has 3 aromatic rings. The third-order valence-corrected chi connectivity index (χ3v) is 5.59. The summed E-state index contributed by atoms with van der Waals surface area (Å²) >= 11 is 7.41. The lowest BCUT2D eigenvalue weighted by Gasteiger charge is -2.13. The minimum absolute atomic E-state index is 0.0594. The fourth-order valence-electron chi connectivity index (χ4n) is 2.92. The monoisotopic (exact) mass is 428 g/mol. The Kier molecular flexibility index (Phi) is 6.98. The van der Waals surface area contributed by atoms with Crippen molar-refractivity contribution in [3.05, 3.63) is 58.6 Å². The Bertz CT molecular complexity index is 999. The van der Waals surface area contributed by atoms with Crippen molar-refractivity contribution >= 4 is 35.0 Å². The number of thioether (sulfide) groups is 1. The fourth-order valence-corrected chi connectivity index (χ4v) is 3.80. The molecule has 0 bridgehead atoms. The van der Waals surface area contributed by atoms with Gasteiger partial charge in [0.05, 0.1) is 5.75 Å². The Morgan fingerprint density at radius 1 is 1.14 bits per heavy atom. The molecular weight excluding hydrogens is 404 g/mol. The van der Waals surface area contributed by atoms with Gasteiger partial charge >= 0.3 is 0 Å². The first-order valence-electron chi connectivity index (χ1n) is 9.52. The van der Waals surface area contributed by atoms with E-state index in [1.807, 2.05) is 56.3 Å². The van der Waals surface area contributed by atoms with Crippen molar-refractivity contribution in [1.82, 2.24) is 14.8 Å². The number of nitrogens with one attached hydrogen (secondary N) is 1. The molecule has 29 heavy (non-hydrogen) atoms. The van der Waals surface area contributed by atoms with Crippen LogP contribution in [0.3, 0.4) is 0 Å². The lowest BCUT2D eigenvalue weighted by Crippen LogP contribution is -2.16. The van der Waals surface area contributed by atoms with E-state index in [1.165, 1.54) is 11.8 Å². The Morgan fingerprint density at radius 2 is 1.86 bits per heavy atom. The number of carbonyl (C=O) groups is 1. The van der Waals surface area contributed by atoms with Gasteiger partial charge in [0.1, 0.15) is 0 Å². The van der Waals surface area contributed by atoms with Gasteiger partial charge in [0.25, 0.3) is 0 Å². The van der Waals surface area contributed by atoms with Gasteiger partial charge < -0.3 is 9.88 Å². The van der Waals surface area contributed by atoms with E-state index >= 15 is 0 Å².